The van der Waals surface area contributed by atoms with Crippen LogP contribution in [0.15, 0.2) is 35.2 Å². The smallest absolute Gasteiger partial charge is 0.216 e. The van der Waals surface area contributed by atoms with Gasteiger partial charge in [-0.2, -0.15) is 5.26 Å². The molecule has 0 bridgehead atoms. The van der Waals surface area contributed by atoms with Crippen molar-refractivity contribution < 1.29 is 4.79 Å². The van der Waals surface area contributed by atoms with E-state index in [1.807, 2.05) is 5.38 Å². The SMILES string of the molecule is CC(=O)NCCc1ccc(-c2csc(C(C#N)=C3CCCCC3)n2)cc1. The molecule has 0 spiro atoms. The highest BCUT2D eigenvalue weighted by Crippen LogP contribution is 2.33. The fourth-order valence-electron chi connectivity index (χ4n) is 3.25. The summed E-state index contributed by atoms with van der Waals surface area (Å²) >= 11 is 1.55. The number of thiazole rings is 1. The van der Waals surface area contributed by atoms with Gasteiger partial charge in [0.05, 0.1) is 11.3 Å². The van der Waals surface area contributed by atoms with Crippen molar-refractivity contribution in [2.75, 3.05) is 6.54 Å². The molecule has 1 N–H and O–H groups in total. The fraction of sp³-hybridized carbons (Fsp3) is 0.381. The van der Waals surface area contributed by atoms with Gasteiger partial charge >= 0.3 is 0 Å². The Labute approximate surface area is 158 Å². The molecule has 1 aliphatic rings. The van der Waals surface area contributed by atoms with E-state index in [1.165, 1.54) is 37.3 Å². The van der Waals surface area contributed by atoms with E-state index in [4.69, 9.17) is 4.98 Å². The first-order valence-electron chi connectivity index (χ1n) is 9.09. The maximum atomic E-state index is 10.9. The number of hydrogen-bond acceptors (Lipinski definition) is 4. The molecule has 0 unspecified atom stereocenters. The van der Waals surface area contributed by atoms with Crippen LogP contribution in [0.3, 0.4) is 0 Å². The van der Waals surface area contributed by atoms with Crippen LogP contribution in [-0.4, -0.2) is 17.4 Å². The molecule has 4 nitrogen and oxygen atoms in total. The predicted octanol–water partition coefficient (Wildman–Crippen LogP) is 4.73. The lowest BCUT2D eigenvalue weighted by Gasteiger charge is -2.14. The van der Waals surface area contributed by atoms with E-state index in [9.17, 15) is 10.1 Å². The number of aromatic nitrogens is 1. The Morgan fingerprint density at radius 1 is 1.23 bits per heavy atom. The van der Waals surface area contributed by atoms with Gasteiger partial charge in [-0.25, -0.2) is 4.98 Å². The van der Waals surface area contributed by atoms with Crippen LogP contribution in [0.4, 0.5) is 0 Å². The average Bonchev–Trinajstić information content (AvgIpc) is 3.13. The van der Waals surface area contributed by atoms with Crippen LogP contribution >= 0.6 is 11.3 Å². The third kappa shape index (κ3) is 4.59. The van der Waals surface area contributed by atoms with Crippen LogP contribution in [0.5, 0.6) is 0 Å². The predicted molar refractivity (Wildman–Crippen MR) is 106 cm³/mol. The van der Waals surface area contributed by atoms with E-state index >= 15 is 0 Å². The highest BCUT2D eigenvalue weighted by atomic mass is 32.1. The summed E-state index contributed by atoms with van der Waals surface area (Å²) in [7, 11) is 0. The van der Waals surface area contributed by atoms with E-state index in [-0.39, 0.29) is 5.91 Å². The minimum absolute atomic E-state index is 0.00277. The summed E-state index contributed by atoms with van der Waals surface area (Å²) < 4.78 is 0. The van der Waals surface area contributed by atoms with Gasteiger partial charge in [0.1, 0.15) is 11.1 Å². The van der Waals surface area contributed by atoms with Crippen LogP contribution in [0.25, 0.3) is 16.8 Å². The Bertz CT molecular complexity index is 835. The van der Waals surface area contributed by atoms with Gasteiger partial charge in [0.2, 0.25) is 5.91 Å². The van der Waals surface area contributed by atoms with Crippen molar-refractivity contribution in [3.63, 3.8) is 0 Å². The number of carbonyl (C=O) groups excluding carboxylic acids is 1. The first-order chi connectivity index (χ1) is 12.7. The van der Waals surface area contributed by atoms with Crippen molar-refractivity contribution in [2.45, 2.75) is 45.4 Å². The number of nitriles is 1. The van der Waals surface area contributed by atoms with E-state index in [0.29, 0.717) is 6.54 Å². The molecule has 1 fully saturated rings. The summed E-state index contributed by atoms with van der Waals surface area (Å²) in [6.07, 6.45) is 6.49. The second-order valence-electron chi connectivity index (χ2n) is 6.62. The normalized spacial score (nSPS) is 13.9. The molecule has 1 heterocycles. The van der Waals surface area contributed by atoms with Crippen molar-refractivity contribution in [3.8, 4) is 17.3 Å². The number of nitrogens with zero attached hydrogens (tertiary/aromatic N) is 2. The molecule has 1 aromatic carbocycles. The van der Waals surface area contributed by atoms with Gasteiger partial charge in [-0.3, -0.25) is 4.79 Å². The van der Waals surface area contributed by atoms with Crippen molar-refractivity contribution in [3.05, 3.63) is 45.8 Å². The Balaban J connectivity index is 1.73. The molecule has 26 heavy (non-hydrogen) atoms. The molecule has 0 saturated heterocycles. The third-order valence-corrected chi connectivity index (χ3v) is 5.54. The topological polar surface area (TPSA) is 65.8 Å². The second kappa shape index (κ2) is 8.77. The van der Waals surface area contributed by atoms with Crippen LogP contribution in [0.1, 0.15) is 49.6 Å². The zero-order chi connectivity index (χ0) is 18.4. The molecule has 2 aromatic rings. The summed E-state index contributed by atoms with van der Waals surface area (Å²) in [6.45, 7) is 2.18. The molecule has 1 aliphatic carbocycles. The highest BCUT2D eigenvalue weighted by molar-refractivity contribution is 7.11. The number of carbonyl (C=O) groups is 1. The van der Waals surface area contributed by atoms with E-state index in [1.54, 1.807) is 11.3 Å². The maximum Gasteiger partial charge on any atom is 0.216 e. The standard InChI is InChI=1S/C21H23N3OS/c1-15(25)23-12-11-16-7-9-18(10-8-16)20-14-26-21(24-20)19(13-22)17-5-3-2-4-6-17/h7-10,14H,2-6,11-12H2,1H3,(H,23,25). The molecule has 0 atom stereocenters. The molecule has 1 saturated carbocycles. The lowest BCUT2D eigenvalue weighted by atomic mass is 9.91. The zero-order valence-corrected chi connectivity index (χ0v) is 15.9. The Hall–Kier alpha value is -2.45. The monoisotopic (exact) mass is 365 g/mol. The summed E-state index contributed by atoms with van der Waals surface area (Å²) in [5, 5.41) is 15.3. The molecule has 1 aromatic heterocycles. The Kier molecular flexibility index (Phi) is 6.19. The largest absolute Gasteiger partial charge is 0.356 e. The second-order valence-corrected chi connectivity index (χ2v) is 7.48. The van der Waals surface area contributed by atoms with Gasteiger partial charge in [-0.1, -0.05) is 30.7 Å². The van der Waals surface area contributed by atoms with Gasteiger partial charge in [-0.05, 0) is 43.2 Å². The van der Waals surface area contributed by atoms with Crippen molar-refractivity contribution >= 4 is 22.8 Å². The quantitative estimate of drug-likeness (QED) is 0.779. The van der Waals surface area contributed by atoms with Crippen LogP contribution in [-0.2, 0) is 11.2 Å². The van der Waals surface area contributed by atoms with E-state index in [0.717, 1.165) is 41.1 Å². The molecule has 5 heteroatoms. The zero-order valence-electron chi connectivity index (χ0n) is 15.0. The summed E-state index contributed by atoms with van der Waals surface area (Å²) in [5.74, 6) is -0.00277. The molecule has 3 rings (SSSR count). The van der Waals surface area contributed by atoms with Gasteiger partial charge in [0.15, 0.2) is 0 Å². The summed E-state index contributed by atoms with van der Waals surface area (Å²) in [6, 6.07) is 10.6. The molecule has 0 aliphatic heterocycles. The lowest BCUT2D eigenvalue weighted by molar-refractivity contribution is -0.118. The van der Waals surface area contributed by atoms with Crippen molar-refractivity contribution in [1.82, 2.24) is 10.3 Å². The maximum absolute atomic E-state index is 10.9. The number of benzene rings is 1. The average molecular weight is 366 g/mol. The molecular weight excluding hydrogens is 342 g/mol. The first kappa shape index (κ1) is 18.3. The first-order valence-corrected chi connectivity index (χ1v) is 9.97. The molecule has 1 amide bonds. The van der Waals surface area contributed by atoms with E-state index in [2.05, 4.69) is 35.7 Å². The molecule has 0 radical (unpaired) electrons. The number of nitrogens with one attached hydrogen (secondary N) is 1. The van der Waals surface area contributed by atoms with Crippen molar-refractivity contribution in [1.29, 1.82) is 5.26 Å². The minimum Gasteiger partial charge on any atom is -0.356 e. The summed E-state index contributed by atoms with van der Waals surface area (Å²) in [4.78, 5) is 15.6. The highest BCUT2D eigenvalue weighted by Gasteiger charge is 2.16. The number of rotatable bonds is 5. The lowest BCUT2D eigenvalue weighted by Crippen LogP contribution is -2.22. The van der Waals surface area contributed by atoms with Gasteiger partial charge in [0, 0.05) is 24.4 Å². The van der Waals surface area contributed by atoms with Crippen molar-refractivity contribution in [2.24, 2.45) is 0 Å². The third-order valence-electron chi connectivity index (χ3n) is 4.68. The Morgan fingerprint density at radius 2 is 1.96 bits per heavy atom. The number of amides is 1. The minimum atomic E-state index is -0.00277. The number of hydrogen-bond donors (Lipinski definition) is 1. The molecular formula is C21H23N3OS. The van der Waals surface area contributed by atoms with Crippen LogP contribution in [0, 0.1) is 11.3 Å². The van der Waals surface area contributed by atoms with E-state index < -0.39 is 0 Å². The van der Waals surface area contributed by atoms with Crippen LogP contribution in [0.2, 0.25) is 0 Å². The van der Waals surface area contributed by atoms with Crippen LogP contribution < -0.4 is 5.32 Å². The van der Waals surface area contributed by atoms with Gasteiger partial charge in [0.25, 0.3) is 0 Å². The fourth-order valence-corrected chi connectivity index (χ4v) is 4.12. The van der Waals surface area contributed by atoms with Gasteiger partial charge < -0.3 is 5.32 Å². The number of allylic oxidation sites excluding steroid dienone is 2. The molecule has 134 valence electrons. The summed E-state index contributed by atoms with van der Waals surface area (Å²) in [5.41, 5.74) is 5.21. The Morgan fingerprint density at radius 3 is 2.62 bits per heavy atom. The van der Waals surface area contributed by atoms with Gasteiger partial charge in [-0.15, -0.1) is 11.3 Å².